The molecule has 9 heteroatoms. The van der Waals surface area contributed by atoms with Gasteiger partial charge in [-0.25, -0.2) is 4.98 Å². The summed E-state index contributed by atoms with van der Waals surface area (Å²) in [6, 6.07) is 0. The molecule has 0 aromatic carbocycles. The Labute approximate surface area is 114 Å². The average molecular weight is 288 g/mol. The van der Waals surface area contributed by atoms with Crippen LogP contribution in [0.4, 0.5) is 11.5 Å². The first-order chi connectivity index (χ1) is 8.99. The molecule has 0 fully saturated rings. The van der Waals surface area contributed by atoms with E-state index in [4.69, 9.17) is 11.6 Å². The molecule has 19 heavy (non-hydrogen) atoms. The number of hydrogen-bond acceptors (Lipinski definition) is 6. The Balaban J connectivity index is 3.06. The largest absolute Gasteiger partial charge is 0.355 e. The van der Waals surface area contributed by atoms with Crippen molar-refractivity contribution >= 4 is 29.0 Å². The maximum Gasteiger partial charge on any atom is 0.329 e. The van der Waals surface area contributed by atoms with Crippen LogP contribution in [0.1, 0.15) is 13.8 Å². The van der Waals surface area contributed by atoms with Crippen LogP contribution in [0.25, 0.3) is 0 Å². The molecule has 0 saturated carbocycles. The average Bonchev–Trinajstić information content (AvgIpc) is 2.35. The molecule has 1 amide bonds. The van der Waals surface area contributed by atoms with E-state index < -0.39 is 4.92 Å². The van der Waals surface area contributed by atoms with Crippen LogP contribution in [0.3, 0.4) is 0 Å². The molecule has 1 aromatic heterocycles. The van der Waals surface area contributed by atoms with E-state index in [9.17, 15) is 14.9 Å². The van der Waals surface area contributed by atoms with Crippen LogP contribution < -0.4 is 10.2 Å². The topological polar surface area (TPSA) is 101 Å². The highest BCUT2D eigenvalue weighted by molar-refractivity contribution is 6.28. The summed E-state index contributed by atoms with van der Waals surface area (Å²) in [6.45, 7) is 4.39. The van der Waals surface area contributed by atoms with Crippen molar-refractivity contribution in [1.29, 1.82) is 0 Å². The van der Waals surface area contributed by atoms with Crippen LogP contribution in [0.2, 0.25) is 5.28 Å². The number of hydrogen-bond donors (Lipinski definition) is 1. The van der Waals surface area contributed by atoms with Gasteiger partial charge in [0.05, 0.1) is 11.5 Å². The van der Waals surface area contributed by atoms with E-state index in [0.29, 0.717) is 13.1 Å². The first-order valence-corrected chi connectivity index (χ1v) is 6.05. The van der Waals surface area contributed by atoms with Crippen LogP contribution >= 0.6 is 11.6 Å². The lowest BCUT2D eigenvalue weighted by Crippen LogP contribution is -2.37. The minimum absolute atomic E-state index is 0.0292. The molecule has 0 bridgehead atoms. The SMILES string of the molecule is CCNC(=O)CN(CC)c1nc(Cl)ncc1[N+](=O)[O-]. The predicted molar refractivity (Wildman–Crippen MR) is 70.3 cm³/mol. The van der Waals surface area contributed by atoms with E-state index in [1.807, 2.05) is 0 Å². The number of amides is 1. The molecule has 0 atom stereocenters. The zero-order valence-corrected chi connectivity index (χ0v) is 11.3. The molecule has 0 radical (unpaired) electrons. The first kappa shape index (κ1) is 15.1. The first-order valence-electron chi connectivity index (χ1n) is 5.68. The minimum atomic E-state index is -0.605. The zero-order chi connectivity index (χ0) is 14.4. The molecule has 0 saturated heterocycles. The third-order valence-electron chi connectivity index (χ3n) is 2.31. The van der Waals surface area contributed by atoms with Gasteiger partial charge in [0.2, 0.25) is 17.0 Å². The summed E-state index contributed by atoms with van der Waals surface area (Å²) in [5, 5.41) is 13.4. The van der Waals surface area contributed by atoms with Crippen molar-refractivity contribution in [2.24, 2.45) is 0 Å². The third-order valence-corrected chi connectivity index (χ3v) is 2.49. The maximum absolute atomic E-state index is 11.6. The zero-order valence-electron chi connectivity index (χ0n) is 10.6. The summed E-state index contributed by atoms with van der Waals surface area (Å²) >= 11 is 5.65. The number of nitrogens with zero attached hydrogens (tertiary/aromatic N) is 4. The lowest BCUT2D eigenvalue weighted by atomic mass is 10.4. The summed E-state index contributed by atoms with van der Waals surface area (Å²) in [6.07, 6.45) is 1.03. The van der Waals surface area contributed by atoms with Gasteiger partial charge in [0.25, 0.3) is 0 Å². The van der Waals surface area contributed by atoms with Gasteiger partial charge in [-0.1, -0.05) is 0 Å². The maximum atomic E-state index is 11.6. The van der Waals surface area contributed by atoms with Gasteiger partial charge in [-0.15, -0.1) is 0 Å². The Bertz CT molecular complexity index is 482. The van der Waals surface area contributed by atoms with Gasteiger partial charge in [0.1, 0.15) is 6.20 Å². The summed E-state index contributed by atoms with van der Waals surface area (Å²) in [5.41, 5.74) is -0.282. The van der Waals surface area contributed by atoms with Crippen molar-refractivity contribution in [3.63, 3.8) is 0 Å². The second-order valence-electron chi connectivity index (χ2n) is 3.57. The van der Waals surface area contributed by atoms with Crippen LogP contribution in [-0.2, 0) is 4.79 Å². The minimum Gasteiger partial charge on any atom is -0.355 e. The highest BCUT2D eigenvalue weighted by Crippen LogP contribution is 2.25. The van der Waals surface area contributed by atoms with Crippen LogP contribution in [-0.4, -0.2) is 40.4 Å². The molecule has 0 aliphatic heterocycles. The van der Waals surface area contributed by atoms with Crippen molar-refractivity contribution in [2.45, 2.75) is 13.8 Å². The molecule has 0 aliphatic rings. The van der Waals surface area contributed by atoms with E-state index in [1.54, 1.807) is 13.8 Å². The molecule has 0 aliphatic carbocycles. The Kier molecular flexibility index (Phi) is 5.43. The number of nitrogens with one attached hydrogen (secondary N) is 1. The van der Waals surface area contributed by atoms with Crippen LogP contribution in [0, 0.1) is 10.1 Å². The normalized spacial score (nSPS) is 10.1. The number of anilines is 1. The van der Waals surface area contributed by atoms with Gasteiger partial charge in [0.15, 0.2) is 0 Å². The van der Waals surface area contributed by atoms with Gasteiger partial charge in [-0.3, -0.25) is 14.9 Å². The summed E-state index contributed by atoms with van der Waals surface area (Å²) in [7, 11) is 0. The fraction of sp³-hybridized carbons (Fsp3) is 0.500. The molecule has 1 N–H and O–H groups in total. The number of likely N-dealkylation sites (N-methyl/N-ethyl adjacent to an activating group) is 2. The van der Waals surface area contributed by atoms with Gasteiger partial charge in [-0.05, 0) is 25.4 Å². The fourth-order valence-corrected chi connectivity index (χ4v) is 1.60. The second kappa shape index (κ2) is 6.83. The van der Waals surface area contributed by atoms with Crippen molar-refractivity contribution < 1.29 is 9.72 Å². The number of halogens is 1. The lowest BCUT2D eigenvalue weighted by Gasteiger charge is -2.20. The van der Waals surface area contributed by atoms with E-state index in [1.165, 1.54) is 4.90 Å². The van der Waals surface area contributed by atoms with E-state index in [0.717, 1.165) is 6.20 Å². The summed E-state index contributed by atoms with van der Waals surface area (Å²) in [4.78, 5) is 30.8. The number of aromatic nitrogens is 2. The standard InChI is InChI=1S/C10H14ClN5O3/c1-3-12-8(17)6-15(4-2)9-7(16(18)19)5-13-10(11)14-9/h5H,3-4,6H2,1-2H3,(H,12,17). The van der Waals surface area contributed by atoms with E-state index >= 15 is 0 Å². The third kappa shape index (κ3) is 4.02. The highest BCUT2D eigenvalue weighted by Gasteiger charge is 2.23. The van der Waals surface area contributed by atoms with Gasteiger partial charge >= 0.3 is 5.69 Å². The smallest absolute Gasteiger partial charge is 0.329 e. The quantitative estimate of drug-likeness (QED) is 0.476. The van der Waals surface area contributed by atoms with Crippen molar-refractivity contribution in [3.05, 3.63) is 21.6 Å². The number of rotatable bonds is 6. The van der Waals surface area contributed by atoms with E-state index in [-0.39, 0.29) is 29.2 Å². The van der Waals surface area contributed by atoms with E-state index in [2.05, 4.69) is 15.3 Å². The number of nitro groups is 1. The molecule has 104 valence electrons. The molecule has 1 heterocycles. The monoisotopic (exact) mass is 287 g/mol. The highest BCUT2D eigenvalue weighted by atomic mass is 35.5. The molecule has 0 unspecified atom stereocenters. The molecule has 1 aromatic rings. The van der Waals surface area contributed by atoms with Crippen molar-refractivity contribution in [2.75, 3.05) is 24.5 Å². The van der Waals surface area contributed by atoms with Crippen molar-refractivity contribution in [1.82, 2.24) is 15.3 Å². The molecular formula is C10H14ClN5O3. The summed E-state index contributed by atoms with van der Waals surface area (Å²) < 4.78 is 0. The van der Waals surface area contributed by atoms with Crippen LogP contribution in [0.5, 0.6) is 0 Å². The fourth-order valence-electron chi connectivity index (χ4n) is 1.47. The Morgan fingerprint density at radius 1 is 1.58 bits per heavy atom. The Hall–Kier alpha value is -1.96. The molecular weight excluding hydrogens is 274 g/mol. The Morgan fingerprint density at radius 2 is 2.26 bits per heavy atom. The number of carbonyl (C=O) groups is 1. The van der Waals surface area contributed by atoms with Crippen molar-refractivity contribution in [3.8, 4) is 0 Å². The predicted octanol–water partition coefficient (Wildman–Crippen LogP) is 1.00. The van der Waals surface area contributed by atoms with Gasteiger partial charge in [-0.2, -0.15) is 4.98 Å². The van der Waals surface area contributed by atoms with Crippen LogP contribution in [0.15, 0.2) is 6.20 Å². The number of carbonyl (C=O) groups excluding carboxylic acids is 1. The lowest BCUT2D eigenvalue weighted by molar-refractivity contribution is -0.384. The second-order valence-corrected chi connectivity index (χ2v) is 3.91. The molecule has 1 rings (SSSR count). The molecule has 8 nitrogen and oxygen atoms in total. The van der Waals surface area contributed by atoms with Gasteiger partial charge in [0, 0.05) is 13.1 Å². The molecule has 0 spiro atoms. The van der Waals surface area contributed by atoms with Gasteiger partial charge < -0.3 is 10.2 Å². The Morgan fingerprint density at radius 3 is 2.79 bits per heavy atom. The summed E-state index contributed by atoms with van der Waals surface area (Å²) in [5.74, 6) is -0.202.